The highest BCUT2D eigenvalue weighted by Crippen LogP contribution is 2.27. The zero-order valence-corrected chi connectivity index (χ0v) is 15.5. The average Bonchev–Trinajstić information content (AvgIpc) is 2.72. The van der Waals surface area contributed by atoms with Crippen LogP contribution in [0.2, 0.25) is 5.02 Å². The predicted molar refractivity (Wildman–Crippen MR) is 109 cm³/mol. The molecule has 0 aliphatic carbocycles. The van der Waals surface area contributed by atoms with Gasteiger partial charge in [0.1, 0.15) is 12.4 Å². The van der Waals surface area contributed by atoms with E-state index in [9.17, 15) is 15.4 Å². The first-order valence-corrected chi connectivity index (χ1v) is 8.78. The Labute approximate surface area is 167 Å². The predicted octanol–water partition coefficient (Wildman–Crippen LogP) is 5.89. The topological polar surface area (TPSA) is 76.2 Å². The van der Waals surface area contributed by atoms with Crippen LogP contribution in [0.15, 0.2) is 72.8 Å². The molecule has 0 bridgehead atoms. The van der Waals surface area contributed by atoms with Crippen LogP contribution >= 0.6 is 11.6 Å². The molecule has 28 heavy (non-hydrogen) atoms. The molecule has 5 nitrogen and oxygen atoms in total. The van der Waals surface area contributed by atoms with Crippen LogP contribution in [0.1, 0.15) is 16.7 Å². The molecule has 0 radical (unpaired) electrons. The number of hydrogen-bond donors (Lipinski definition) is 0. The highest BCUT2D eigenvalue weighted by molar-refractivity contribution is 6.31. The van der Waals surface area contributed by atoms with Crippen molar-refractivity contribution in [2.24, 2.45) is 0 Å². The maximum Gasteiger partial charge on any atom is 0.270 e. The molecule has 0 atom stereocenters. The molecule has 138 valence electrons. The number of rotatable bonds is 6. The van der Waals surface area contributed by atoms with Crippen molar-refractivity contribution in [2.75, 3.05) is 0 Å². The van der Waals surface area contributed by atoms with E-state index in [1.807, 2.05) is 36.4 Å². The molecule has 0 heterocycles. The monoisotopic (exact) mass is 390 g/mol. The van der Waals surface area contributed by atoms with Gasteiger partial charge in [-0.2, -0.15) is 5.26 Å². The lowest BCUT2D eigenvalue weighted by Crippen LogP contribution is -1.97. The molecule has 0 N–H and O–H groups in total. The van der Waals surface area contributed by atoms with Gasteiger partial charge in [-0.15, -0.1) is 0 Å². The summed E-state index contributed by atoms with van der Waals surface area (Å²) in [4.78, 5) is 10.5. The SMILES string of the molecule is N#CC(=Cc1ccccc1OCc1ccccc1Cl)c1cccc([N+](=O)[O-])c1. The number of nitro benzene ring substituents is 1. The molecule has 0 unspecified atom stereocenters. The third kappa shape index (κ3) is 4.56. The normalized spacial score (nSPS) is 10.9. The summed E-state index contributed by atoms with van der Waals surface area (Å²) < 4.78 is 5.90. The summed E-state index contributed by atoms with van der Waals surface area (Å²) >= 11 is 6.17. The number of para-hydroxylation sites is 1. The Morgan fingerprint density at radius 2 is 1.86 bits per heavy atom. The minimum atomic E-state index is -0.487. The van der Waals surface area contributed by atoms with Crippen LogP contribution in [0.5, 0.6) is 5.75 Å². The van der Waals surface area contributed by atoms with Crippen molar-refractivity contribution in [1.82, 2.24) is 0 Å². The first-order chi connectivity index (χ1) is 13.6. The van der Waals surface area contributed by atoms with Gasteiger partial charge in [-0.1, -0.05) is 60.1 Å². The van der Waals surface area contributed by atoms with E-state index in [1.54, 1.807) is 30.3 Å². The smallest absolute Gasteiger partial charge is 0.270 e. The van der Waals surface area contributed by atoms with E-state index in [1.165, 1.54) is 12.1 Å². The fourth-order valence-electron chi connectivity index (χ4n) is 2.62. The Balaban J connectivity index is 1.91. The molecule has 0 aliphatic rings. The molecule has 0 fully saturated rings. The lowest BCUT2D eigenvalue weighted by molar-refractivity contribution is -0.384. The first-order valence-electron chi connectivity index (χ1n) is 8.40. The molecule has 0 saturated carbocycles. The van der Waals surface area contributed by atoms with E-state index in [0.717, 1.165) is 5.56 Å². The van der Waals surface area contributed by atoms with Gasteiger partial charge >= 0.3 is 0 Å². The highest BCUT2D eigenvalue weighted by Gasteiger charge is 2.10. The summed E-state index contributed by atoms with van der Waals surface area (Å²) in [7, 11) is 0. The fourth-order valence-corrected chi connectivity index (χ4v) is 2.82. The summed E-state index contributed by atoms with van der Waals surface area (Å²) in [5.41, 5.74) is 2.25. The Bertz CT molecular complexity index is 1090. The Hall–Kier alpha value is -3.62. The second-order valence-electron chi connectivity index (χ2n) is 5.90. The Kier molecular flexibility index (Phi) is 6.05. The quantitative estimate of drug-likeness (QED) is 0.227. The molecular weight excluding hydrogens is 376 g/mol. The van der Waals surface area contributed by atoms with Gasteiger partial charge in [0.2, 0.25) is 0 Å². The van der Waals surface area contributed by atoms with Gasteiger partial charge in [-0.25, -0.2) is 0 Å². The van der Waals surface area contributed by atoms with E-state index in [0.29, 0.717) is 27.5 Å². The number of nitrogens with zero attached hydrogens (tertiary/aromatic N) is 2. The standard InChI is InChI=1S/C22H15ClN2O3/c23-21-10-3-1-7-18(21)15-28-22-11-4-2-6-17(22)12-19(14-24)16-8-5-9-20(13-16)25(26)27/h1-13H,15H2. The van der Waals surface area contributed by atoms with Gasteiger partial charge in [0, 0.05) is 28.3 Å². The second kappa shape index (κ2) is 8.85. The van der Waals surface area contributed by atoms with E-state index in [-0.39, 0.29) is 12.3 Å². The third-order valence-electron chi connectivity index (χ3n) is 4.05. The first kappa shape index (κ1) is 19.2. The highest BCUT2D eigenvalue weighted by atomic mass is 35.5. The van der Waals surface area contributed by atoms with E-state index >= 15 is 0 Å². The second-order valence-corrected chi connectivity index (χ2v) is 6.30. The van der Waals surface area contributed by atoms with Crippen LogP contribution < -0.4 is 4.74 Å². The third-order valence-corrected chi connectivity index (χ3v) is 4.42. The van der Waals surface area contributed by atoms with Crippen LogP contribution in [0, 0.1) is 21.4 Å². The van der Waals surface area contributed by atoms with Crippen LogP contribution in [-0.4, -0.2) is 4.92 Å². The number of halogens is 1. The Morgan fingerprint density at radius 1 is 1.11 bits per heavy atom. The summed E-state index contributed by atoms with van der Waals surface area (Å²) in [5.74, 6) is 0.584. The van der Waals surface area contributed by atoms with E-state index in [2.05, 4.69) is 6.07 Å². The lowest BCUT2D eigenvalue weighted by atomic mass is 10.0. The molecule has 3 aromatic rings. The van der Waals surface area contributed by atoms with Gasteiger partial charge in [0.15, 0.2) is 0 Å². The van der Waals surface area contributed by atoms with E-state index in [4.69, 9.17) is 16.3 Å². The van der Waals surface area contributed by atoms with Crippen LogP contribution in [-0.2, 0) is 6.61 Å². The molecular formula is C22H15ClN2O3. The van der Waals surface area contributed by atoms with Crippen LogP contribution in [0.25, 0.3) is 11.6 Å². The largest absolute Gasteiger partial charge is 0.488 e. The average molecular weight is 391 g/mol. The zero-order chi connectivity index (χ0) is 19.9. The number of benzene rings is 3. The number of non-ortho nitro benzene ring substituents is 1. The number of nitriles is 1. The van der Waals surface area contributed by atoms with Crippen molar-refractivity contribution in [3.63, 3.8) is 0 Å². The summed E-state index contributed by atoms with van der Waals surface area (Å²) in [6, 6.07) is 22.8. The summed E-state index contributed by atoms with van der Waals surface area (Å²) in [5, 5.41) is 21.2. The van der Waals surface area contributed by atoms with Crippen molar-refractivity contribution >= 4 is 28.9 Å². The molecule has 6 heteroatoms. The molecule has 3 rings (SSSR count). The molecule has 0 spiro atoms. The van der Waals surface area contributed by atoms with E-state index < -0.39 is 4.92 Å². The van der Waals surface area contributed by atoms with Gasteiger partial charge in [0.05, 0.1) is 16.6 Å². The maximum absolute atomic E-state index is 11.0. The number of allylic oxidation sites excluding steroid dienone is 1. The summed E-state index contributed by atoms with van der Waals surface area (Å²) in [6.07, 6.45) is 1.65. The van der Waals surface area contributed by atoms with Crippen molar-refractivity contribution < 1.29 is 9.66 Å². The molecule has 0 amide bonds. The molecule has 3 aromatic carbocycles. The lowest BCUT2D eigenvalue weighted by Gasteiger charge is -2.11. The Morgan fingerprint density at radius 3 is 2.61 bits per heavy atom. The molecule has 0 aliphatic heterocycles. The number of ether oxygens (including phenoxy) is 1. The van der Waals surface area contributed by atoms with Gasteiger partial charge in [0.25, 0.3) is 5.69 Å². The van der Waals surface area contributed by atoms with Gasteiger partial charge in [-0.3, -0.25) is 10.1 Å². The minimum Gasteiger partial charge on any atom is -0.488 e. The van der Waals surface area contributed by atoms with Gasteiger partial charge < -0.3 is 4.74 Å². The number of nitro groups is 1. The van der Waals surface area contributed by atoms with Crippen LogP contribution in [0.3, 0.4) is 0 Å². The van der Waals surface area contributed by atoms with Gasteiger partial charge in [-0.05, 0) is 23.8 Å². The molecule has 0 aromatic heterocycles. The van der Waals surface area contributed by atoms with Crippen molar-refractivity contribution in [3.8, 4) is 11.8 Å². The molecule has 0 saturated heterocycles. The minimum absolute atomic E-state index is 0.0677. The van der Waals surface area contributed by atoms with Crippen molar-refractivity contribution in [2.45, 2.75) is 6.61 Å². The number of hydrogen-bond acceptors (Lipinski definition) is 4. The van der Waals surface area contributed by atoms with Crippen molar-refractivity contribution in [3.05, 3.63) is 105 Å². The summed E-state index contributed by atoms with van der Waals surface area (Å²) in [6.45, 7) is 0.281. The van der Waals surface area contributed by atoms with Crippen LogP contribution in [0.4, 0.5) is 5.69 Å². The zero-order valence-electron chi connectivity index (χ0n) is 14.7. The fraction of sp³-hybridized carbons (Fsp3) is 0.0455. The van der Waals surface area contributed by atoms with Crippen molar-refractivity contribution in [1.29, 1.82) is 5.26 Å². The maximum atomic E-state index is 11.0.